The highest BCUT2D eigenvalue weighted by Gasteiger charge is 2.26. The molecule has 1 atom stereocenters. The maximum absolute atomic E-state index is 12.5. The number of nitrogens with zero attached hydrogens (tertiary/aromatic N) is 4. The number of sulfonamides is 1. The molecule has 1 aliphatic heterocycles. The van der Waals surface area contributed by atoms with Crippen LogP contribution in [0.5, 0.6) is 0 Å². The Labute approximate surface area is 147 Å². The van der Waals surface area contributed by atoms with Crippen LogP contribution in [0.25, 0.3) is 0 Å². The fourth-order valence-electron chi connectivity index (χ4n) is 3.31. The summed E-state index contributed by atoms with van der Waals surface area (Å²) in [6, 6.07) is 3.92. The van der Waals surface area contributed by atoms with Crippen LogP contribution < -0.4 is 9.62 Å². The molecule has 1 saturated heterocycles. The van der Waals surface area contributed by atoms with Crippen molar-refractivity contribution in [1.82, 2.24) is 15.4 Å². The lowest BCUT2D eigenvalue weighted by Gasteiger charge is -2.35. The van der Waals surface area contributed by atoms with E-state index in [0.717, 1.165) is 31.6 Å². The maximum Gasteiger partial charge on any atom is 0.268 e. The summed E-state index contributed by atoms with van der Waals surface area (Å²) in [7, 11) is -3.81. The minimum atomic E-state index is -3.81. The van der Waals surface area contributed by atoms with Gasteiger partial charge in [0.2, 0.25) is 0 Å². The number of hydrogen-bond acceptors (Lipinski definition) is 7. The molecule has 0 bridgehead atoms. The first-order valence-electron chi connectivity index (χ1n) is 8.48. The number of piperidine rings is 1. The number of anilines is 2. The second-order valence-corrected chi connectivity index (χ2v) is 7.91. The van der Waals surface area contributed by atoms with E-state index >= 15 is 0 Å². The Morgan fingerprint density at radius 1 is 1.28 bits per heavy atom. The van der Waals surface area contributed by atoms with E-state index in [-0.39, 0.29) is 16.5 Å². The molecular formula is C16H23N5O3S. The standard InChI is InChI=1S/C16H23N5O3S/c1-4-13-7-5-6-10-21(13)15-9-8-14(17-18-15)20-25(22,23)16-11(2)19-24-12(16)3/h8-9,13H,4-7,10H2,1-3H3,(H,17,20). The first-order valence-corrected chi connectivity index (χ1v) is 9.96. The van der Waals surface area contributed by atoms with Gasteiger partial charge < -0.3 is 9.42 Å². The first-order chi connectivity index (χ1) is 11.9. The van der Waals surface area contributed by atoms with Gasteiger partial charge in [0.15, 0.2) is 22.3 Å². The number of aryl methyl sites for hydroxylation is 2. The summed E-state index contributed by atoms with van der Waals surface area (Å²) in [4.78, 5) is 2.30. The summed E-state index contributed by atoms with van der Waals surface area (Å²) >= 11 is 0. The number of nitrogens with one attached hydrogen (secondary N) is 1. The third-order valence-corrected chi connectivity index (χ3v) is 6.12. The molecule has 3 heterocycles. The average Bonchev–Trinajstić information content (AvgIpc) is 2.94. The van der Waals surface area contributed by atoms with Gasteiger partial charge in [-0.1, -0.05) is 12.1 Å². The Balaban J connectivity index is 1.79. The zero-order valence-corrected chi connectivity index (χ0v) is 15.5. The van der Waals surface area contributed by atoms with Crippen LogP contribution in [0.3, 0.4) is 0 Å². The zero-order valence-electron chi connectivity index (χ0n) is 14.7. The van der Waals surface area contributed by atoms with Gasteiger partial charge in [0.1, 0.15) is 5.69 Å². The van der Waals surface area contributed by atoms with Gasteiger partial charge in [0.25, 0.3) is 10.0 Å². The van der Waals surface area contributed by atoms with Gasteiger partial charge in [-0.15, -0.1) is 10.2 Å². The molecule has 8 nitrogen and oxygen atoms in total. The topological polar surface area (TPSA) is 101 Å². The van der Waals surface area contributed by atoms with Gasteiger partial charge in [-0.3, -0.25) is 4.72 Å². The molecule has 136 valence electrons. The SMILES string of the molecule is CCC1CCCCN1c1ccc(NS(=O)(=O)c2c(C)noc2C)nn1. The predicted molar refractivity (Wildman–Crippen MR) is 94.1 cm³/mol. The molecule has 3 rings (SSSR count). The highest BCUT2D eigenvalue weighted by atomic mass is 32.2. The van der Waals surface area contributed by atoms with E-state index < -0.39 is 10.0 Å². The van der Waals surface area contributed by atoms with Crippen LogP contribution in [0.1, 0.15) is 44.1 Å². The first kappa shape index (κ1) is 17.7. The summed E-state index contributed by atoms with van der Waals surface area (Å²) in [5.74, 6) is 1.20. The smallest absolute Gasteiger partial charge is 0.268 e. The van der Waals surface area contributed by atoms with Crippen molar-refractivity contribution in [3.8, 4) is 0 Å². The minimum absolute atomic E-state index is 0.0421. The number of rotatable bonds is 5. The van der Waals surface area contributed by atoms with Gasteiger partial charge in [-0.2, -0.15) is 0 Å². The maximum atomic E-state index is 12.5. The molecule has 0 aromatic carbocycles. The van der Waals surface area contributed by atoms with E-state index in [9.17, 15) is 8.42 Å². The van der Waals surface area contributed by atoms with Crippen molar-refractivity contribution < 1.29 is 12.9 Å². The van der Waals surface area contributed by atoms with Gasteiger partial charge in [0, 0.05) is 12.6 Å². The fraction of sp³-hybridized carbons (Fsp3) is 0.562. The van der Waals surface area contributed by atoms with Crippen molar-refractivity contribution in [1.29, 1.82) is 0 Å². The second-order valence-electron chi connectivity index (χ2n) is 6.29. The lowest BCUT2D eigenvalue weighted by molar-refractivity contribution is 0.390. The molecule has 0 amide bonds. The highest BCUT2D eigenvalue weighted by Crippen LogP contribution is 2.26. The van der Waals surface area contributed by atoms with Crippen molar-refractivity contribution in [2.45, 2.75) is 57.4 Å². The Hall–Kier alpha value is -2.16. The largest absolute Gasteiger partial charge is 0.360 e. The normalized spacial score (nSPS) is 18.4. The molecule has 2 aromatic rings. The third-order valence-electron chi connectivity index (χ3n) is 4.52. The van der Waals surface area contributed by atoms with Crippen LogP contribution in [-0.2, 0) is 10.0 Å². The summed E-state index contributed by atoms with van der Waals surface area (Å²) in [5.41, 5.74) is 0.314. The van der Waals surface area contributed by atoms with Gasteiger partial charge >= 0.3 is 0 Å². The molecule has 1 aliphatic rings. The molecule has 0 radical (unpaired) electrons. The summed E-state index contributed by atoms with van der Waals surface area (Å²) in [6.07, 6.45) is 4.58. The Kier molecular flexibility index (Phi) is 4.94. The van der Waals surface area contributed by atoms with Crippen molar-refractivity contribution in [3.05, 3.63) is 23.6 Å². The third kappa shape index (κ3) is 3.60. The van der Waals surface area contributed by atoms with Crippen molar-refractivity contribution >= 4 is 21.7 Å². The Morgan fingerprint density at radius 3 is 2.68 bits per heavy atom. The van der Waals surface area contributed by atoms with E-state index in [1.54, 1.807) is 19.9 Å². The van der Waals surface area contributed by atoms with E-state index in [1.165, 1.54) is 6.42 Å². The van der Waals surface area contributed by atoms with Crippen LogP contribution in [-0.4, -0.2) is 36.4 Å². The number of aromatic nitrogens is 3. The van der Waals surface area contributed by atoms with Crippen LogP contribution in [0.2, 0.25) is 0 Å². The van der Waals surface area contributed by atoms with Crippen LogP contribution >= 0.6 is 0 Å². The average molecular weight is 365 g/mol. The van der Waals surface area contributed by atoms with Crippen LogP contribution in [0.4, 0.5) is 11.6 Å². The van der Waals surface area contributed by atoms with Gasteiger partial charge in [-0.25, -0.2) is 8.42 Å². The number of hydrogen-bond donors (Lipinski definition) is 1. The summed E-state index contributed by atoms with van der Waals surface area (Å²) < 4.78 is 32.4. The molecule has 2 aromatic heterocycles. The summed E-state index contributed by atoms with van der Waals surface area (Å²) in [5, 5.41) is 11.9. The molecule has 1 fully saturated rings. The van der Waals surface area contributed by atoms with E-state index in [2.05, 4.69) is 31.9 Å². The molecule has 0 aliphatic carbocycles. The molecule has 9 heteroatoms. The van der Waals surface area contributed by atoms with Crippen LogP contribution in [0.15, 0.2) is 21.6 Å². The molecule has 0 spiro atoms. The quantitative estimate of drug-likeness (QED) is 0.869. The van der Waals surface area contributed by atoms with Gasteiger partial charge in [-0.05, 0) is 51.7 Å². The fourth-order valence-corrected chi connectivity index (χ4v) is 4.63. The zero-order chi connectivity index (χ0) is 18.0. The van der Waals surface area contributed by atoms with E-state index in [4.69, 9.17) is 4.52 Å². The van der Waals surface area contributed by atoms with E-state index in [0.29, 0.717) is 11.7 Å². The molecule has 25 heavy (non-hydrogen) atoms. The van der Waals surface area contributed by atoms with E-state index in [1.807, 2.05) is 6.07 Å². The monoisotopic (exact) mass is 365 g/mol. The lowest BCUT2D eigenvalue weighted by atomic mass is 10.0. The van der Waals surface area contributed by atoms with Gasteiger partial charge in [0.05, 0.1) is 0 Å². The van der Waals surface area contributed by atoms with Crippen molar-refractivity contribution in [2.24, 2.45) is 0 Å². The Morgan fingerprint density at radius 2 is 2.08 bits per heavy atom. The van der Waals surface area contributed by atoms with Crippen molar-refractivity contribution in [2.75, 3.05) is 16.2 Å². The lowest BCUT2D eigenvalue weighted by Crippen LogP contribution is -2.39. The molecular weight excluding hydrogens is 342 g/mol. The minimum Gasteiger partial charge on any atom is -0.360 e. The summed E-state index contributed by atoms with van der Waals surface area (Å²) in [6.45, 7) is 6.27. The second kappa shape index (κ2) is 6.99. The van der Waals surface area contributed by atoms with Crippen molar-refractivity contribution in [3.63, 3.8) is 0 Å². The molecule has 1 N–H and O–H groups in total. The Bertz CT molecular complexity index is 812. The predicted octanol–water partition coefficient (Wildman–Crippen LogP) is 2.65. The molecule has 1 unspecified atom stereocenters. The highest BCUT2D eigenvalue weighted by molar-refractivity contribution is 7.92. The van der Waals surface area contributed by atoms with Crippen LogP contribution in [0, 0.1) is 13.8 Å². The molecule has 0 saturated carbocycles.